The molecule has 2 atom stereocenters. The van der Waals surface area contributed by atoms with Crippen LogP contribution in [0.15, 0.2) is 18.5 Å². The second-order valence-corrected chi connectivity index (χ2v) is 4.59. The molecule has 0 saturated carbocycles. The second kappa shape index (κ2) is 3.76. The smallest absolute Gasteiger partial charge is 0.101 e. The Bertz CT molecular complexity index is 425. The third-order valence-corrected chi connectivity index (χ3v) is 3.65. The first kappa shape index (κ1) is 9.61. The van der Waals surface area contributed by atoms with Crippen LogP contribution in [0.5, 0.6) is 0 Å². The molecule has 0 bridgehead atoms. The van der Waals surface area contributed by atoms with Crippen LogP contribution in [-0.2, 0) is 0 Å². The molecule has 0 amide bonds. The third-order valence-electron chi connectivity index (χ3n) is 3.65. The molecule has 4 nitrogen and oxygen atoms in total. The minimum atomic E-state index is 0.739. The quantitative estimate of drug-likeness (QED) is 0.744. The van der Waals surface area contributed by atoms with Crippen molar-refractivity contribution in [2.45, 2.75) is 0 Å². The van der Waals surface area contributed by atoms with Gasteiger partial charge in [0.05, 0.1) is 17.4 Å². The number of hydrogen-bond acceptors (Lipinski definition) is 4. The molecule has 0 radical (unpaired) electrons. The van der Waals surface area contributed by atoms with Crippen LogP contribution < -0.4 is 10.2 Å². The fourth-order valence-electron chi connectivity index (χ4n) is 2.78. The number of nitriles is 1. The molecular formula is C12H14N4. The predicted octanol–water partition coefficient (Wildman–Crippen LogP) is 0.609. The van der Waals surface area contributed by atoms with Crippen molar-refractivity contribution in [2.75, 3.05) is 31.1 Å². The van der Waals surface area contributed by atoms with Gasteiger partial charge in [-0.2, -0.15) is 5.26 Å². The molecule has 16 heavy (non-hydrogen) atoms. The van der Waals surface area contributed by atoms with Crippen molar-refractivity contribution in [3.8, 4) is 6.07 Å². The summed E-state index contributed by atoms with van der Waals surface area (Å²) in [5.41, 5.74) is 1.74. The molecule has 82 valence electrons. The van der Waals surface area contributed by atoms with Crippen LogP contribution >= 0.6 is 0 Å². The molecule has 1 aromatic heterocycles. The molecule has 0 aromatic carbocycles. The van der Waals surface area contributed by atoms with Crippen LogP contribution in [-0.4, -0.2) is 31.2 Å². The van der Waals surface area contributed by atoms with Gasteiger partial charge in [-0.1, -0.05) is 0 Å². The highest BCUT2D eigenvalue weighted by atomic mass is 15.2. The molecular weight excluding hydrogens is 200 g/mol. The number of aromatic nitrogens is 1. The maximum Gasteiger partial charge on any atom is 0.101 e. The molecule has 3 heterocycles. The summed E-state index contributed by atoms with van der Waals surface area (Å²) in [6, 6.07) is 4.03. The summed E-state index contributed by atoms with van der Waals surface area (Å²) < 4.78 is 0. The number of nitrogens with zero attached hydrogens (tertiary/aromatic N) is 3. The van der Waals surface area contributed by atoms with Crippen LogP contribution in [0.4, 0.5) is 5.69 Å². The lowest BCUT2D eigenvalue weighted by Gasteiger charge is -2.20. The summed E-state index contributed by atoms with van der Waals surface area (Å²) in [4.78, 5) is 6.43. The first-order valence-electron chi connectivity index (χ1n) is 5.68. The summed E-state index contributed by atoms with van der Waals surface area (Å²) in [5, 5.41) is 12.5. The van der Waals surface area contributed by atoms with Crippen LogP contribution in [0.1, 0.15) is 5.56 Å². The van der Waals surface area contributed by atoms with Crippen LogP contribution in [0.25, 0.3) is 0 Å². The lowest BCUT2D eigenvalue weighted by Crippen LogP contribution is -2.26. The molecule has 0 spiro atoms. The molecule has 2 aliphatic heterocycles. The maximum atomic E-state index is 9.06. The lowest BCUT2D eigenvalue weighted by molar-refractivity contribution is 0.533. The van der Waals surface area contributed by atoms with E-state index in [1.54, 1.807) is 12.3 Å². The van der Waals surface area contributed by atoms with Gasteiger partial charge in [-0.3, -0.25) is 4.98 Å². The fraction of sp³-hybridized carbons (Fsp3) is 0.500. The highest BCUT2D eigenvalue weighted by Gasteiger charge is 2.36. The van der Waals surface area contributed by atoms with Gasteiger partial charge in [-0.15, -0.1) is 0 Å². The van der Waals surface area contributed by atoms with Crippen molar-refractivity contribution in [3.63, 3.8) is 0 Å². The highest BCUT2D eigenvalue weighted by molar-refractivity contribution is 5.58. The van der Waals surface area contributed by atoms with Gasteiger partial charge in [0.1, 0.15) is 6.07 Å². The van der Waals surface area contributed by atoms with E-state index >= 15 is 0 Å². The highest BCUT2D eigenvalue weighted by Crippen LogP contribution is 2.31. The zero-order valence-corrected chi connectivity index (χ0v) is 9.06. The standard InChI is InChI=1S/C12H14N4/c13-3-9-1-2-14-6-12(9)16-7-10-4-15-5-11(10)8-16/h1-2,6,10-11,15H,4-5,7-8H2/t10-,11+. The Balaban J connectivity index is 1.86. The Morgan fingerprint density at radius 2 is 2.12 bits per heavy atom. The van der Waals surface area contributed by atoms with E-state index in [1.165, 1.54) is 0 Å². The molecule has 0 aliphatic carbocycles. The minimum Gasteiger partial charge on any atom is -0.369 e. The van der Waals surface area contributed by atoms with E-state index in [-0.39, 0.29) is 0 Å². The first-order valence-corrected chi connectivity index (χ1v) is 5.68. The molecule has 3 rings (SSSR count). The van der Waals surface area contributed by atoms with Gasteiger partial charge in [-0.25, -0.2) is 0 Å². The Hall–Kier alpha value is -1.60. The number of fused-ring (bicyclic) bond motifs is 1. The minimum absolute atomic E-state index is 0.739. The van der Waals surface area contributed by atoms with Gasteiger partial charge in [-0.05, 0) is 17.9 Å². The van der Waals surface area contributed by atoms with E-state index in [0.717, 1.165) is 49.3 Å². The van der Waals surface area contributed by atoms with E-state index in [0.29, 0.717) is 0 Å². The molecule has 2 saturated heterocycles. The maximum absolute atomic E-state index is 9.06. The van der Waals surface area contributed by atoms with Gasteiger partial charge in [0.25, 0.3) is 0 Å². The Labute approximate surface area is 94.9 Å². The number of pyridine rings is 1. The molecule has 2 aliphatic rings. The average Bonchev–Trinajstić information content (AvgIpc) is 2.89. The Morgan fingerprint density at radius 1 is 1.38 bits per heavy atom. The molecule has 2 fully saturated rings. The normalized spacial score (nSPS) is 27.8. The average molecular weight is 214 g/mol. The topological polar surface area (TPSA) is 52.0 Å². The van der Waals surface area contributed by atoms with Crippen molar-refractivity contribution >= 4 is 5.69 Å². The van der Waals surface area contributed by atoms with E-state index < -0.39 is 0 Å². The van der Waals surface area contributed by atoms with E-state index in [2.05, 4.69) is 21.3 Å². The summed E-state index contributed by atoms with van der Waals surface area (Å²) in [5.74, 6) is 1.48. The van der Waals surface area contributed by atoms with Crippen molar-refractivity contribution < 1.29 is 0 Å². The molecule has 4 heteroatoms. The van der Waals surface area contributed by atoms with Gasteiger partial charge >= 0.3 is 0 Å². The molecule has 0 unspecified atom stereocenters. The lowest BCUT2D eigenvalue weighted by atomic mass is 10.0. The van der Waals surface area contributed by atoms with Gasteiger partial charge < -0.3 is 10.2 Å². The van der Waals surface area contributed by atoms with Gasteiger partial charge in [0.2, 0.25) is 0 Å². The number of nitrogens with one attached hydrogen (secondary N) is 1. The monoisotopic (exact) mass is 214 g/mol. The Kier molecular flexibility index (Phi) is 2.26. The molecule has 1 aromatic rings. The van der Waals surface area contributed by atoms with Crippen molar-refractivity contribution in [1.29, 1.82) is 5.26 Å². The van der Waals surface area contributed by atoms with Gasteiger partial charge in [0.15, 0.2) is 0 Å². The number of rotatable bonds is 1. The summed E-state index contributed by atoms with van der Waals surface area (Å²) in [7, 11) is 0. The van der Waals surface area contributed by atoms with E-state index in [1.807, 2.05) is 6.20 Å². The van der Waals surface area contributed by atoms with Crippen molar-refractivity contribution in [2.24, 2.45) is 11.8 Å². The second-order valence-electron chi connectivity index (χ2n) is 4.59. The van der Waals surface area contributed by atoms with Crippen LogP contribution in [0.2, 0.25) is 0 Å². The third kappa shape index (κ3) is 1.44. The van der Waals surface area contributed by atoms with Crippen molar-refractivity contribution in [1.82, 2.24) is 10.3 Å². The molecule has 1 N–H and O–H groups in total. The van der Waals surface area contributed by atoms with E-state index in [9.17, 15) is 0 Å². The summed E-state index contributed by atoms with van der Waals surface area (Å²) in [6.45, 7) is 4.34. The Morgan fingerprint density at radius 3 is 2.81 bits per heavy atom. The van der Waals surface area contributed by atoms with Crippen LogP contribution in [0.3, 0.4) is 0 Å². The van der Waals surface area contributed by atoms with Crippen LogP contribution in [0, 0.1) is 23.2 Å². The van der Waals surface area contributed by atoms with Crippen molar-refractivity contribution in [3.05, 3.63) is 24.0 Å². The zero-order chi connectivity index (χ0) is 11.0. The summed E-state index contributed by atoms with van der Waals surface area (Å²) in [6.07, 6.45) is 3.49. The summed E-state index contributed by atoms with van der Waals surface area (Å²) >= 11 is 0. The zero-order valence-electron chi connectivity index (χ0n) is 9.06. The number of anilines is 1. The van der Waals surface area contributed by atoms with Gasteiger partial charge in [0, 0.05) is 32.4 Å². The largest absolute Gasteiger partial charge is 0.369 e. The first-order chi connectivity index (χ1) is 7.88. The number of hydrogen-bond donors (Lipinski definition) is 1. The SMILES string of the molecule is N#Cc1ccncc1N1C[C@H]2CNC[C@H]2C1. The predicted molar refractivity (Wildman–Crippen MR) is 61.0 cm³/mol. The van der Waals surface area contributed by atoms with E-state index in [4.69, 9.17) is 5.26 Å². The fourth-order valence-corrected chi connectivity index (χ4v) is 2.78.